The lowest BCUT2D eigenvalue weighted by atomic mass is 10.0. The first kappa shape index (κ1) is 13.5. The minimum Gasteiger partial charge on any atom is -0.321 e. The number of ketones is 1. The second kappa shape index (κ2) is 6.24. The molecule has 0 saturated carbocycles. The zero-order chi connectivity index (χ0) is 12.1. The van der Waals surface area contributed by atoms with Gasteiger partial charge in [-0.25, -0.2) is 0 Å². The maximum Gasteiger partial charge on any atom is 0.153 e. The van der Waals surface area contributed by atoms with Gasteiger partial charge in [0.1, 0.15) is 0 Å². The Balaban J connectivity index is 2.77. The number of benzene rings is 1. The number of carbonyl (C=O) groups is 1. The molecule has 1 aromatic carbocycles. The fraction of sp³-hybridized carbons (Fsp3) is 0.417. The Labute approximate surface area is 106 Å². The van der Waals surface area contributed by atoms with Crippen molar-refractivity contribution in [3.63, 3.8) is 0 Å². The minimum absolute atomic E-state index is 0.0168. The monoisotopic (exact) mass is 259 g/mol. The normalized spacial score (nSPS) is 12.5. The van der Waals surface area contributed by atoms with Crippen LogP contribution in [-0.2, 0) is 11.2 Å². The predicted molar refractivity (Wildman–Crippen MR) is 68.1 cm³/mol. The van der Waals surface area contributed by atoms with Crippen molar-refractivity contribution in [2.45, 2.75) is 32.2 Å². The van der Waals surface area contributed by atoms with Gasteiger partial charge in [-0.3, -0.25) is 4.79 Å². The number of hydrogen-bond acceptors (Lipinski definition) is 2. The molecular formula is C12H15Cl2NO. The van der Waals surface area contributed by atoms with Crippen molar-refractivity contribution in [2.75, 3.05) is 0 Å². The van der Waals surface area contributed by atoms with Gasteiger partial charge in [-0.05, 0) is 24.1 Å². The van der Waals surface area contributed by atoms with Crippen LogP contribution < -0.4 is 5.73 Å². The minimum atomic E-state index is -0.419. The highest BCUT2D eigenvalue weighted by Gasteiger charge is 2.16. The van der Waals surface area contributed by atoms with Crippen LogP contribution in [0.3, 0.4) is 0 Å². The third-order valence-corrected chi connectivity index (χ3v) is 3.13. The molecule has 0 aliphatic heterocycles. The smallest absolute Gasteiger partial charge is 0.153 e. The average molecular weight is 260 g/mol. The van der Waals surface area contributed by atoms with Gasteiger partial charge in [0.15, 0.2) is 5.78 Å². The summed E-state index contributed by atoms with van der Waals surface area (Å²) >= 11 is 12.0. The quantitative estimate of drug-likeness (QED) is 0.883. The number of nitrogens with two attached hydrogens (primary N) is 1. The van der Waals surface area contributed by atoms with Crippen LogP contribution >= 0.6 is 23.2 Å². The summed E-state index contributed by atoms with van der Waals surface area (Å²) in [5.41, 5.74) is 6.41. The van der Waals surface area contributed by atoms with Crippen molar-refractivity contribution in [2.24, 2.45) is 5.73 Å². The molecule has 2 N–H and O–H groups in total. The first-order valence-electron chi connectivity index (χ1n) is 5.27. The molecule has 0 aliphatic rings. The summed E-state index contributed by atoms with van der Waals surface area (Å²) in [6, 6.07) is 4.78. The van der Waals surface area contributed by atoms with E-state index in [4.69, 9.17) is 28.9 Å². The van der Waals surface area contributed by atoms with E-state index in [1.165, 1.54) is 0 Å². The molecule has 2 nitrogen and oxygen atoms in total. The van der Waals surface area contributed by atoms with E-state index in [9.17, 15) is 4.79 Å². The molecule has 0 saturated heterocycles. The first-order valence-corrected chi connectivity index (χ1v) is 6.03. The Morgan fingerprint density at radius 2 is 1.94 bits per heavy atom. The van der Waals surface area contributed by atoms with Gasteiger partial charge in [0, 0.05) is 16.5 Å². The third-order valence-electron chi connectivity index (χ3n) is 2.43. The number of hydrogen-bond donors (Lipinski definition) is 1. The van der Waals surface area contributed by atoms with E-state index < -0.39 is 6.04 Å². The highest BCUT2D eigenvalue weighted by molar-refractivity contribution is 6.36. The van der Waals surface area contributed by atoms with Crippen molar-refractivity contribution in [3.8, 4) is 0 Å². The number of rotatable bonds is 5. The summed E-state index contributed by atoms with van der Waals surface area (Å²) < 4.78 is 0. The van der Waals surface area contributed by atoms with Crippen LogP contribution in [0.5, 0.6) is 0 Å². The van der Waals surface area contributed by atoms with Gasteiger partial charge in [0.2, 0.25) is 0 Å². The molecule has 1 atom stereocenters. The molecule has 0 bridgehead atoms. The molecule has 0 amide bonds. The SMILES string of the molecule is CCCC(N)C(=O)Cc1c(Cl)cccc1Cl. The molecule has 0 heterocycles. The summed E-state index contributed by atoms with van der Waals surface area (Å²) in [6.45, 7) is 2.00. The molecule has 0 spiro atoms. The third kappa shape index (κ3) is 3.48. The van der Waals surface area contributed by atoms with Crippen LogP contribution in [0.2, 0.25) is 10.0 Å². The van der Waals surface area contributed by atoms with E-state index in [0.29, 0.717) is 22.0 Å². The first-order chi connectivity index (χ1) is 7.56. The molecule has 0 aromatic heterocycles. The van der Waals surface area contributed by atoms with Crippen LogP contribution in [0.1, 0.15) is 25.3 Å². The summed E-state index contributed by atoms with van der Waals surface area (Å²) in [5, 5.41) is 1.04. The van der Waals surface area contributed by atoms with Gasteiger partial charge in [0.25, 0.3) is 0 Å². The second-order valence-electron chi connectivity index (χ2n) is 3.74. The van der Waals surface area contributed by atoms with Crippen molar-refractivity contribution in [1.82, 2.24) is 0 Å². The second-order valence-corrected chi connectivity index (χ2v) is 4.55. The van der Waals surface area contributed by atoms with Crippen LogP contribution in [-0.4, -0.2) is 11.8 Å². The van der Waals surface area contributed by atoms with E-state index in [0.717, 1.165) is 6.42 Å². The lowest BCUT2D eigenvalue weighted by Gasteiger charge is -2.11. The summed E-state index contributed by atoms with van der Waals surface area (Å²) in [5.74, 6) is -0.0168. The Morgan fingerprint density at radius 3 is 2.44 bits per heavy atom. The van der Waals surface area contributed by atoms with E-state index in [1.54, 1.807) is 18.2 Å². The largest absolute Gasteiger partial charge is 0.321 e. The molecule has 4 heteroatoms. The van der Waals surface area contributed by atoms with Crippen LogP contribution in [0.25, 0.3) is 0 Å². The van der Waals surface area contributed by atoms with Crippen molar-refractivity contribution in [3.05, 3.63) is 33.8 Å². The summed E-state index contributed by atoms with van der Waals surface area (Å²) in [7, 11) is 0. The Kier molecular flexibility index (Phi) is 5.26. The van der Waals surface area contributed by atoms with Gasteiger partial charge in [-0.15, -0.1) is 0 Å². The van der Waals surface area contributed by atoms with Gasteiger partial charge in [-0.1, -0.05) is 42.6 Å². The van der Waals surface area contributed by atoms with E-state index in [1.807, 2.05) is 6.92 Å². The highest BCUT2D eigenvalue weighted by atomic mass is 35.5. The molecule has 0 fully saturated rings. The Morgan fingerprint density at radius 1 is 1.38 bits per heavy atom. The van der Waals surface area contributed by atoms with E-state index in [-0.39, 0.29) is 12.2 Å². The fourth-order valence-corrected chi connectivity index (χ4v) is 2.01. The Bertz CT molecular complexity index is 359. The van der Waals surface area contributed by atoms with Gasteiger partial charge in [-0.2, -0.15) is 0 Å². The van der Waals surface area contributed by atoms with Crippen molar-refractivity contribution in [1.29, 1.82) is 0 Å². The van der Waals surface area contributed by atoms with E-state index >= 15 is 0 Å². The molecule has 16 heavy (non-hydrogen) atoms. The van der Waals surface area contributed by atoms with Gasteiger partial charge < -0.3 is 5.73 Å². The molecule has 1 unspecified atom stereocenters. The zero-order valence-electron chi connectivity index (χ0n) is 9.17. The summed E-state index contributed by atoms with van der Waals surface area (Å²) in [4.78, 5) is 11.8. The lowest BCUT2D eigenvalue weighted by Crippen LogP contribution is -2.31. The standard InChI is InChI=1S/C12H15Cl2NO/c1-2-4-11(15)12(16)7-8-9(13)5-3-6-10(8)14/h3,5-6,11H,2,4,7,15H2,1H3. The number of halogens is 2. The van der Waals surface area contributed by atoms with Crippen molar-refractivity contribution < 1.29 is 4.79 Å². The molecular weight excluding hydrogens is 245 g/mol. The zero-order valence-corrected chi connectivity index (χ0v) is 10.7. The van der Waals surface area contributed by atoms with Gasteiger partial charge >= 0.3 is 0 Å². The lowest BCUT2D eigenvalue weighted by molar-refractivity contribution is -0.119. The maximum atomic E-state index is 11.8. The van der Waals surface area contributed by atoms with Crippen molar-refractivity contribution >= 4 is 29.0 Å². The molecule has 0 radical (unpaired) electrons. The van der Waals surface area contributed by atoms with Crippen LogP contribution in [0.15, 0.2) is 18.2 Å². The molecule has 0 aliphatic carbocycles. The van der Waals surface area contributed by atoms with Gasteiger partial charge in [0.05, 0.1) is 6.04 Å². The fourth-order valence-electron chi connectivity index (χ4n) is 1.48. The molecule has 1 rings (SSSR count). The molecule has 1 aromatic rings. The van der Waals surface area contributed by atoms with Crippen LogP contribution in [0, 0.1) is 0 Å². The Hall–Kier alpha value is -0.570. The number of carbonyl (C=O) groups excluding carboxylic acids is 1. The van der Waals surface area contributed by atoms with E-state index in [2.05, 4.69) is 0 Å². The molecule has 88 valence electrons. The highest BCUT2D eigenvalue weighted by Crippen LogP contribution is 2.25. The average Bonchev–Trinajstić information content (AvgIpc) is 2.23. The van der Waals surface area contributed by atoms with Crippen LogP contribution in [0.4, 0.5) is 0 Å². The topological polar surface area (TPSA) is 43.1 Å². The summed E-state index contributed by atoms with van der Waals surface area (Å²) in [6.07, 6.45) is 1.80. The number of Topliss-reactive ketones (excluding diaryl/α,β-unsaturated/α-hetero) is 1. The predicted octanol–water partition coefficient (Wildman–Crippen LogP) is 3.23. The maximum absolute atomic E-state index is 11.8.